The van der Waals surface area contributed by atoms with Crippen molar-refractivity contribution in [1.29, 1.82) is 0 Å². The lowest BCUT2D eigenvalue weighted by atomic mass is 10.1. The van der Waals surface area contributed by atoms with Gasteiger partial charge < -0.3 is 0 Å². The van der Waals surface area contributed by atoms with E-state index in [-0.39, 0.29) is 0 Å². The van der Waals surface area contributed by atoms with Crippen LogP contribution in [0.3, 0.4) is 0 Å². The number of nitrogens with zero attached hydrogens (tertiary/aromatic N) is 3. The maximum atomic E-state index is 5.21. The Morgan fingerprint density at radius 3 is 1.76 bits per heavy atom. The van der Waals surface area contributed by atoms with Gasteiger partial charge in [-0.1, -0.05) is 78.9 Å². The van der Waals surface area contributed by atoms with E-state index in [1.807, 2.05) is 0 Å². The van der Waals surface area contributed by atoms with Crippen molar-refractivity contribution in [2.45, 2.75) is 6.42 Å². The van der Waals surface area contributed by atoms with Gasteiger partial charge in [0.15, 0.2) is 0 Å². The lowest BCUT2D eigenvalue weighted by Gasteiger charge is -2.12. The van der Waals surface area contributed by atoms with E-state index in [2.05, 4.69) is 124 Å². The highest BCUT2D eigenvalue weighted by Gasteiger charge is 2.18. The first kappa shape index (κ1) is 18.2. The molecule has 156 valence electrons. The van der Waals surface area contributed by atoms with E-state index >= 15 is 0 Å². The van der Waals surface area contributed by atoms with Crippen LogP contribution in [-0.2, 0) is 0 Å². The monoisotopic (exact) mass is 423 g/mol. The van der Waals surface area contributed by atoms with E-state index in [0.29, 0.717) is 0 Å². The Kier molecular flexibility index (Phi) is 3.91. The zero-order valence-corrected chi connectivity index (χ0v) is 18.0. The van der Waals surface area contributed by atoms with Gasteiger partial charge in [0.2, 0.25) is 0 Å². The number of fused-ring (bicyclic) bond motifs is 6. The molecule has 0 saturated carbocycles. The molecule has 0 bridgehead atoms. The molecular weight excluding hydrogens is 402 g/mol. The summed E-state index contributed by atoms with van der Waals surface area (Å²) in [6.45, 7) is 0. The first-order chi connectivity index (χ1) is 16.4. The second kappa shape index (κ2) is 7.07. The molecule has 3 aromatic heterocycles. The topological polar surface area (TPSA) is 22.8 Å². The summed E-state index contributed by atoms with van der Waals surface area (Å²) >= 11 is 0. The summed E-state index contributed by atoms with van der Waals surface area (Å²) in [7, 11) is 0. The Morgan fingerprint density at radius 2 is 1.06 bits per heavy atom. The summed E-state index contributed by atoms with van der Waals surface area (Å²) in [5.41, 5.74) is 5.94. The van der Waals surface area contributed by atoms with Crippen LogP contribution < -0.4 is 0 Å². The van der Waals surface area contributed by atoms with Crippen LogP contribution in [0.5, 0.6) is 0 Å². The van der Waals surface area contributed by atoms with Crippen LogP contribution in [0, 0.1) is 0 Å². The number of benzene rings is 3. The Labute approximate surface area is 191 Å². The van der Waals surface area contributed by atoms with Crippen LogP contribution in [0.25, 0.3) is 56.5 Å². The Balaban J connectivity index is 1.53. The zero-order chi connectivity index (χ0) is 21.8. The van der Waals surface area contributed by atoms with Gasteiger partial charge in [-0.2, -0.15) is 0 Å². The van der Waals surface area contributed by atoms with Gasteiger partial charge in [0.25, 0.3) is 0 Å². The molecule has 3 heterocycles. The predicted octanol–water partition coefficient (Wildman–Crippen LogP) is 7.55. The van der Waals surface area contributed by atoms with Gasteiger partial charge in [-0.3, -0.25) is 9.13 Å². The van der Waals surface area contributed by atoms with E-state index < -0.39 is 0 Å². The molecule has 0 spiro atoms. The number of rotatable bonds is 2. The third-order valence-electron chi connectivity index (χ3n) is 6.54. The molecule has 0 radical (unpaired) electrons. The third-order valence-corrected chi connectivity index (χ3v) is 6.54. The maximum absolute atomic E-state index is 5.21. The molecule has 1 aliphatic carbocycles. The predicted molar refractivity (Wildman–Crippen MR) is 138 cm³/mol. The summed E-state index contributed by atoms with van der Waals surface area (Å²) in [6.07, 6.45) is 9.85. The number of aromatic nitrogens is 3. The van der Waals surface area contributed by atoms with Crippen LogP contribution in [0.1, 0.15) is 17.7 Å². The SMILES string of the molecule is C1=Cc2c(n(-c3cccc(-n4c5ccccc5c5ccccc54)n3)c3ccccc23)C=CC1. The van der Waals surface area contributed by atoms with Gasteiger partial charge in [0, 0.05) is 21.7 Å². The van der Waals surface area contributed by atoms with E-state index in [4.69, 9.17) is 4.98 Å². The number of allylic oxidation sites excluding steroid dienone is 2. The minimum atomic E-state index is 0.921. The fourth-order valence-corrected chi connectivity index (χ4v) is 5.15. The second-order valence-corrected chi connectivity index (χ2v) is 8.42. The largest absolute Gasteiger partial charge is 0.294 e. The molecule has 0 atom stereocenters. The summed E-state index contributed by atoms with van der Waals surface area (Å²) in [4.78, 5) is 5.21. The fourth-order valence-electron chi connectivity index (χ4n) is 5.15. The molecule has 0 saturated heterocycles. The molecular formula is C30H21N3. The molecule has 0 N–H and O–H groups in total. The van der Waals surface area contributed by atoms with Crippen molar-refractivity contribution in [1.82, 2.24) is 14.1 Å². The van der Waals surface area contributed by atoms with Crippen molar-refractivity contribution in [3.63, 3.8) is 0 Å². The van der Waals surface area contributed by atoms with Crippen molar-refractivity contribution in [3.8, 4) is 11.6 Å². The second-order valence-electron chi connectivity index (χ2n) is 8.42. The summed E-state index contributed by atoms with van der Waals surface area (Å²) in [5.74, 6) is 1.84. The number of para-hydroxylation sites is 3. The molecule has 3 heteroatoms. The van der Waals surface area contributed by atoms with Crippen molar-refractivity contribution in [3.05, 3.63) is 114 Å². The molecule has 1 aliphatic rings. The number of pyridine rings is 1. The average Bonchev–Trinajstić information content (AvgIpc) is 3.25. The van der Waals surface area contributed by atoms with Crippen LogP contribution in [0.2, 0.25) is 0 Å². The van der Waals surface area contributed by atoms with Crippen molar-refractivity contribution in [2.75, 3.05) is 0 Å². The van der Waals surface area contributed by atoms with Crippen LogP contribution in [0.15, 0.2) is 103 Å². The van der Waals surface area contributed by atoms with Gasteiger partial charge in [-0.15, -0.1) is 0 Å². The standard InChI is InChI=1S/C30H21N3/c1-2-11-21-22-12-4-7-16-26(22)32(25(21)15-3-1)29-19-10-20-30(31-29)33-27-17-8-5-13-23(27)24-14-6-9-18-28(24)33/h2-20H,1H2. The quantitative estimate of drug-likeness (QED) is 0.282. The highest BCUT2D eigenvalue weighted by molar-refractivity contribution is 6.09. The van der Waals surface area contributed by atoms with E-state index in [1.165, 1.54) is 44.0 Å². The first-order valence-electron chi connectivity index (χ1n) is 11.3. The van der Waals surface area contributed by atoms with Crippen molar-refractivity contribution < 1.29 is 0 Å². The van der Waals surface area contributed by atoms with Crippen molar-refractivity contribution in [2.24, 2.45) is 0 Å². The molecule has 33 heavy (non-hydrogen) atoms. The van der Waals surface area contributed by atoms with E-state index in [9.17, 15) is 0 Å². The average molecular weight is 424 g/mol. The first-order valence-corrected chi connectivity index (χ1v) is 11.3. The molecule has 0 unspecified atom stereocenters. The molecule has 0 aliphatic heterocycles. The Bertz CT molecular complexity index is 1690. The highest BCUT2D eigenvalue weighted by atomic mass is 15.1. The van der Waals surface area contributed by atoms with Crippen molar-refractivity contribution >= 4 is 44.9 Å². The van der Waals surface area contributed by atoms with Gasteiger partial charge in [0.1, 0.15) is 11.6 Å². The molecule has 7 rings (SSSR count). The smallest absolute Gasteiger partial charge is 0.140 e. The summed E-state index contributed by atoms with van der Waals surface area (Å²) in [6, 6.07) is 32.0. The van der Waals surface area contributed by atoms with Gasteiger partial charge in [-0.05, 0) is 42.8 Å². The molecule has 0 fully saturated rings. The van der Waals surface area contributed by atoms with Gasteiger partial charge in [-0.25, -0.2) is 4.98 Å². The maximum Gasteiger partial charge on any atom is 0.140 e. The minimum absolute atomic E-state index is 0.921. The van der Waals surface area contributed by atoms with E-state index in [1.54, 1.807) is 0 Å². The van der Waals surface area contributed by atoms with Gasteiger partial charge in [0.05, 0.1) is 22.2 Å². The molecule has 3 aromatic carbocycles. The number of hydrogen-bond acceptors (Lipinski definition) is 1. The third kappa shape index (κ3) is 2.66. The van der Waals surface area contributed by atoms with Crippen LogP contribution in [-0.4, -0.2) is 14.1 Å². The summed E-state index contributed by atoms with van der Waals surface area (Å²) in [5, 5.41) is 3.74. The number of hydrogen-bond donors (Lipinski definition) is 0. The Hall–Kier alpha value is -4.37. The lowest BCUT2D eigenvalue weighted by molar-refractivity contribution is 0.986. The van der Waals surface area contributed by atoms with Crippen LogP contribution >= 0.6 is 0 Å². The Morgan fingerprint density at radius 1 is 0.515 bits per heavy atom. The summed E-state index contributed by atoms with van der Waals surface area (Å²) < 4.78 is 4.56. The molecule has 6 aromatic rings. The minimum Gasteiger partial charge on any atom is -0.294 e. The molecule has 3 nitrogen and oxygen atoms in total. The lowest BCUT2D eigenvalue weighted by Crippen LogP contribution is -2.04. The van der Waals surface area contributed by atoms with Crippen LogP contribution in [0.4, 0.5) is 0 Å². The fraction of sp³-hybridized carbons (Fsp3) is 0.0333. The zero-order valence-electron chi connectivity index (χ0n) is 18.0. The van der Waals surface area contributed by atoms with Gasteiger partial charge >= 0.3 is 0 Å². The molecule has 0 amide bonds. The van der Waals surface area contributed by atoms with E-state index in [0.717, 1.165) is 18.1 Å². The highest BCUT2D eigenvalue weighted by Crippen LogP contribution is 2.34. The normalized spacial score (nSPS) is 13.1.